The molecule has 0 aromatic carbocycles. The fourth-order valence-corrected chi connectivity index (χ4v) is 2.58. The first-order valence-corrected chi connectivity index (χ1v) is 8.76. The minimum absolute atomic E-state index is 0.246. The van der Waals surface area contributed by atoms with Crippen LogP contribution >= 0.6 is 7.60 Å². The van der Waals surface area contributed by atoms with Crippen molar-refractivity contribution in [2.75, 3.05) is 25.5 Å². The maximum Gasteiger partial charge on any atom is 0.355 e. The first-order chi connectivity index (χ1) is 10.9. The summed E-state index contributed by atoms with van der Waals surface area (Å²) in [4.78, 5) is 21.7. The number of nitrogens with two attached hydrogens (primary N) is 1. The van der Waals surface area contributed by atoms with Crippen molar-refractivity contribution in [3.05, 3.63) is 12.7 Å². The van der Waals surface area contributed by atoms with E-state index in [0.717, 1.165) is 0 Å². The van der Waals surface area contributed by atoms with E-state index in [4.69, 9.17) is 19.7 Å². The van der Waals surface area contributed by atoms with Gasteiger partial charge in [0.2, 0.25) is 0 Å². The van der Waals surface area contributed by atoms with E-state index in [-0.39, 0.29) is 12.9 Å². The molecule has 2 heterocycles. The van der Waals surface area contributed by atoms with E-state index in [9.17, 15) is 9.46 Å². The molecule has 0 saturated heterocycles. The first kappa shape index (κ1) is 17.8. The van der Waals surface area contributed by atoms with Crippen LogP contribution in [0.15, 0.2) is 12.7 Å². The molecule has 0 bridgehead atoms. The van der Waals surface area contributed by atoms with E-state index in [0.29, 0.717) is 30.1 Å². The maximum absolute atomic E-state index is 11.7. The van der Waals surface area contributed by atoms with E-state index < -0.39 is 13.9 Å². The lowest BCUT2D eigenvalue weighted by Crippen LogP contribution is -2.17. The average Bonchev–Trinajstić information content (AvgIpc) is 2.90. The number of hydrogen-bond acceptors (Lipinski definition) is 8. The summed E-state index contributed by atoms with van der Waals surface area (Å²) in [7, 11) is -3.84. The monoisotopic (exact) mass is 345 g/mol. The van der Waals surface area contributed by atoms with Crippen molar-refractivity contribution in [1.29, 1.82) is 0 Å². The van der Waals surface area contributed by atoms with Gasteiger partial charge in [0.05, 0.1) is 19.0 Å². The predicted octanol–water partition coefficient (Wildman–Crippen LogP) is 0.967. The molecule has 0 aliphatic heterocycles. The molecule has 0 spiro atoms. The van der Waals surface area contributed by atoms with Crippen LogP contribution in [0, 0.1) is 0 Å². The lowest BCUT2D eigenvalue weighted by Gasteiger charge is -2.17. The van der Waals surface area contributed by atoms with Crippen molar-refractivity contribution >= 4 is 24.6 Å². The molecular weight excluding hydrogens is 325 g/mol. The topological polar surface area (TPSA) is 135 Å². The third kappa shape index (κ3) is 4.95. The molecule has 0 amide bonds. The lowest BCUT2D eigenvalue weighted by molar-refractivity contribution is 0.00495. The maximum atomic E-state index is 11.7. The Hall–Kier alpha value is -1.58. The zero-order valence-corrected chi connectivity index (χ0v) is 13.8. The molecule has 10 nitrogen and oxygen atoms in total. The number of hydrogen-bond donors (Lipinski definition) is 2. The van der Waals surface area contributed by atoms with Gasteiger partial charge < -0.3 is 24.7 Å². The van der Waals surface area contributed by atoms with Crippen LogP contribution in [-0.2, 0) is 25.1 Å². The van der Waals surface area contributed by atoms with E-state index in [1.807, 2.05) is 0 Å². The Kier molecular flexibility index (Phi) is 6.03. The molecule has 0 saturated carbocycles. The zero-order valence-electron chi connectivity index (χ0n) is 13.0. The summed E-state index contributed by atoms with van der Waals surface area (Å²) in [6.07, 6.45) is 2.13. The van der Waals surface area contributed by atoms with Crippen LogP contribution in [0.4, 0.5) is 5.82 Å². The van der Waals surface area contributed by atoms with Gasteiger partial charge in [-0.3, -0.25) is 9.09 Å². The zero-order chi connectivity index (χ0) is 16.9. The third-order valence-corrected chi connectivity index (χ3v) is 3.93. The molecule has 11 heteroatoms. The van der Waals surface area contributed by atoms with Gasteiger partial charge in [-0.05, 0) is 13.8 Å². The van der Waals surface area contributed by atoms with Crippen LogP contribution in [0.2, 0.25) is 0 Å². The number of anilines is 1. The molecule has 0 radical (unpaired) electrons. The minimum atomic E-state index is -3.84. The molecule has 0 aliphatic carbocycles. The number of ether oxygens (including phenoxy) is 2. The quantitative estimate of drug-likeness (QED) is 0.387. The van der Waals surface area contributed by atoms with Crippen molar-refractivity contribution in [3.8, 4) is 0 Å². The lowest BCUT2D eigenvalue weighted by atomic mass is 10.4. The number of imidazole rings is 1. The van der Waals surface area contributed by atoms with Gasteiger partial charge in [-0.2, -0.15) is 0 Å². The van der Waals surface area contributed by atoms with Gasteiger partial charge in [0.25, 0.3) is 0 Å². The fraction of sp³-hybridized carbons (Fsp3) is 0.583. The Morgan fingerprint density at radius 3 is 2.96 bits per heavy atom. The Labute approximate surface area is 133 Å². The SMILES string of the molecule is CCOCOP(=O)(O)COC(C)Cn1cnc2c(N)ncnc21. The molecule has 3 N–H and O–H groups in total. The highest BCUT2D eigenvalue weighted by molar-refractivity contribution is 7.52. The van der Waals surface area contributed by atoms with Crippen LogP contribution in [-0.4, -0.2) is 50.3 Å². The average molecular weight is 345 g/mol. The molecule has 2 aromatic rings. The summed E-state index contributed by atoms with van der Waals surface area (Å²) in [5.74, 6) is 0.298. The van der Waals surface area contributed by atoms with Crippen LogP contribution in [0.5, 0.6) is 0 Å². The molecule has 2 aromatic heterocycles. The van der Waals surface area contributed by atoms with Crippen molar-refractivity contribution < 1.29 is 23.5 Å². The Morgan fingerprint density at radius 2 is 2.22 bits per heavy atom. The fourth-order valence-electron chi connectivity index (χ4n) is 1.82. The Balaban J connectivity index is 1.90. The van der Waals surface area contributed by atoms with Crippen LogP contribution in [0.25, 0.3) is 11.2 Å². The summed E-state index contributed by atoms with van der Waals surface area (Å²) in [6.45, 7) is 4.06. The Morgan fingerprint density at radius 1 is 1.43 bits per heavy atom. The highest BCUT2D eigenvalue weighted by atomic mass is 31.2. The van der Waals surface area contributed by atoms with Gasteiger partial charge in [-0.25, -0.2) is 15.0 Å². The number of nitrogens with zero attached hydrogens (tertiary/aromatic N) is 4. The van der Waals surface area contributed by atoms with Crippen molar-refractivity contribution in [2.24, 2.45) is 0 Å². The van der Waals surface area contributed by atoms with E-state index in [1.165, 1.54) is 6.33 Å². The summed E-state index contributed by atoms with van der Waals surface area (Å²) >= 11 is 0. The second-order valence-corrected chi connectivity index (χ2v) is 6.60. The van der Waals surface area contributed by atoms with Gasteiger partial charge in [-0.15, -0.1) is 0 Å². The molecule has 2 unspecified atom stereocenters. The van der Waals surface area contributed by atoms with E-state index in [2.05, 4.69) is 15.0 Å². The minimum Gasteiger partial charge on any atom is -0.382 e. The van der Waals surface area contributed by atoms with Crippen molar-refractivity contribution in [1.82, 2.24) is 19.5 Å². The van der Waals surface area contributed by atoms with Crippen LogP contribution in [0.3, 0.4) is 0 Å². The van der Waals surface area contributed by atoms with Gasteiger partial charge in [0.1, 0.15) is 18.2 Å². The van der Waals surface area contributed by atoms with Crippen LogP contribution in [0.1, 0.15) is 13.8 Å². The summed E-state index contributed by atoms with van der Waals surface area (Å²) in [5, 5.41) is 0. The molecule has 0 aliphatic rings. The number of nitrogen functional groups attached to an aromatic ring is 1. The van der Waals surface area contributed by atoms with E-state index >= 15 is 0 Å². The van der Waals surface area contributed by atoms with Crippen molar-refractivity contribution in [3.63, 3.8) is 0 Å². The molecule has 2 atom stereocenters. The molecule has 128 valence electrons. The highest BCUT2D eigenvalue weighted by Crippen LogP contribution is 2.41. The normalized spacial score (nSPS) is 15.6. The predicted molar refractivity (Wildman–Crippen MR) is 82.6 cm³/mol. The van der Waals surface area contributed by atoms with Crippen LogP contribution < -0.4 is 5.73 Å². The molecule has 2 rings (SSSR count). The van der Waals surface area contributed by atoms with Gasteiger partial charge >= 0.3 is 7.60 Å². The van der Waals surface area contributed by atoms with Gasteiger partial charge in [-0.1, -0.05) is 0 Å². The summed E-state index contributed by atoms with van der Waals surface area (Å²) in [5.41, 5.74) is 6.80. The largest absolute Gasteiger partial charge is 0.382 e. The van der Waals surface area contributed by atoms with Gasteiger partial charge in [0.15, 0.2) is 18.3 Å². The second kappa shape index (κ2) is 7.80. The van der Waals surface area contributed by atoms with Crippen molar-refractivity contribution in [2.45, 2.75) is 26.5 Å². The molecule has 0 fully saturated rings. The molecule has 23 heavy (non-hydrogen) atoms. The first-order valence-electron chi connectivity index (χ1n) is 7.00. The van der Waals surface area contributed by atoms with E-state index in [1.54, 1.807) is 24.7 Å². The smallest absolute Gasteiger partial charge is 0.355 e. The summed E-state index contributed by atoms with van der Waals surface area (Å²) in [6, 6.07) is 0. The standard InChI is InChI=1S/C12H20N5O5P/c1-3-20-7-22-23(18,19)8-21-9(2)4-17-6-16-10-11(13)14-5-15-12(10)17/h5-6,9H,3-4,7-8H2,1-2H3,(H,18,19)(H2,13,14,15). The Bertz CT molecular complexity index is 694. The third-order valence-electron chi connectivity index (χ3n) is 2.95. The number of rotatable bonds is 9. The number of aromatic nitrogens is 4. The number of fused-ring (bicyclic) bond motifs is 1. The highest BCUT2D eigenvalue weighted by Gasteiger charge is 2.21. The molecular formula is C12H20N5O5P. The van der Waals surface area contributed by atoms with Gasteiger partial charge in [0, 0.05) is 6.61 Å². The summed E-state index contributed by atoms with van der Waals surface area (Å²) < 4.78 is 28.5. The second-order valence-electron chi connectivity index (χ2n) is 4.81.